The van der Waals surface area contributed by atoms with E-state index in [0.29, 0.717) is 19.4 Å². The van der Waals surface area contributed by atoms with E-state index in [1.807, 2.05) is 0 Å². The van der Waals surface area contributed by atoms with E-state index in [1.54, 1.807) is 0 Å². The summed E-state index contributed by atoms with van der Waals surface area (Å²) in [7, 11) is 0. The average molecular weight is 306 g/mol. The number of rotatable bonds is 11. The first-order valence-electron chi connectivity index (χ1n) is 6.54. The molecule has 7 N–H and O–H groups in total. The summed E-state index contributed by atoms with van der Waals surface area (Å²) in [6.45, 7) is 0.551. The van der Waals surface area contributed by atoms with Gasteiger partial charge < -0.3 is 25.8 Å². The highest BCUT2D eigenvalue weighted by Gasteiger charge is 2.41. The average Bonchev–Trinajstić information content (AvgIpc) is 2.33. The molecule has 0 radical (unpaired) electrons. The zero-order valence-corrected chi connectivity index (χ0v) is 11.7. The molecule has 2 atom stereocenters. The van der Waals surface area contributed by atoms with Gasteiger partial charge in [-0.1, -0.05) is 6.42 Å². The van der Waals surface area contributed by atoms with E-state index in [0.717, 1.165) is 12.8 Å². The van der Waals surface area contributed by atoms with Crippen LogP contribution in [-0.4, -0.2) is 51.6 Å². The summed E-state index contributed by atoms with van der Waals surface area (Å²) in [5, 5.41) is 27.0. The zero-order chi connectivity index (χ0) is 16.5. The van der Waals surface area contributed by atoms with Crippen molar-refractivity contribution < 1.29 is 34.4 Å². The molecule has 0 rings (SSSR count). The van der Waals surface area contributed by atoms with Crippen molar-refractivity contribution in [2.24, 2.45) is 11.5 Å². The van der Waals surface area contributed by atoms with Gasteiger partial charge in [0.1, 0.15) is 0 Å². The molecule has 0 spiro atoms. The summed E-state index contributed by atoms with van der Waals surface area (Å²) >= 11 is 0. The highest BCUT2D eigenvalue weighted by Crippen LogP contribution is 2.17. The van der Waals surface area contributed by atoms with Gasteiger partial charge in [-0.05, 0) is 25.8 Å². The second kappa shape index (κ2) is 9.27. The number of hydrogen-bond donors (Lipinski definition) is 5. The molecule has 0 saturated carbocycles. The van der Waals surface area contributed by atoms with Crippen LogP contribution < -0.4 is 11.5 Å². The minimum Gasteiger partial charge on any atom is -0.481 e. The number of nitrogens with two attached hydrogens (primary N) is 2. The van der Waals surface area contributed by atoms with E-state index in [9.17, 15) is 19.5 Å². The van der Waals surface area contributed by atoms with E-state index in [2.05, 4.69) is 0 Å². The summed E-state index contributed by atoms with van der Waals surface area (Å²) in [5.41, 5.74) is 8.14. The molecule has 0 saturated heterocycles. The van der Waals surface area contributed by atoms with E-state index < -0.39 is 42.6 Å². The lowest BCUT2D eigenvalue weighted by atomic mass is 9.96. The molecule has 0 aliphatic heterocycles. The number of unbranched alkanes of at least 4 members (excludes halogenated alkanes) is 2. The lowest BCUT2D eigenvalue weighted by molar-refractivity contribution is -0.173. The Morgan fingerprint density at radius 1 is 1.10 bits per heavy atom. The molecule has 9 nitrogen and oxygen atoms in total. The lowest BCUT2D eigenvalue weighted by Gasteiger charge is -2.21. The fraction of sp³-hybridized carbons (Fsp3) is 0.750. The fourth-order valence-electron chi connectivity index (χ4n) is 1.64. The number of ether oxygens (including phenoxy) is 1. The van der Waals surface area contributed by atoms with Crippen LogP contribution in [0.25, 0.3) is 0 Å². The molecule has 0 aromatic carbocycles. The van der Waals surface area contributed by atoms with Gasteiger partial charge in [0.25, 0.3) is 0 Å². The van der Waals surface area contributed by atoms with E-state index in [-0.39, 0.29) is 0 Å². The van der Waals surface area contributed by atoms with Gasteiger partial charge in [-0.2, -0.15) is 0 Å². The summed E-state index contributed by atoms with van der Waals surface area (Å²) < 4.78 is 4.75. The van der Waals surface area contributed by atoms with Crippen LogP contribution in [0.5, 0.6) is 0 Å². The number of carboxylic acid groups (broad SMARTS) is 2. The third kappa shape index (κ3) is 8.23. The monoisotopic (exact) mass is 306 g/mol. The van der Waals surface area contributed by atoms with Gasteiger partial charge in [0.05, 0.1) is 12.8 Å². The SMILES string of the molecule is NCCCCCC(N)OC(=O)CC(O)(CC(=O)O)C(=O)O. The Bertz CT molecular complexity index is 375. The smallest absolute Gasteiger partial charge is 0.336 e. The Hall–Kier alpha value is -1.71. The molecule has 2 unspecified atom stereocenters. The van der Waals surface area contributed by atoms with Crippen LogP contribution in [0.15, 0.2) is 0 Å². The van der Waals surface area contributed by atoms with Gasteiger partial charge in [-0.25, -0.2) is 4.79 Å². The molecule has 0 fully saturated rings. The molecular formula is C12H22N2O7. The molecule has 0 aliphatic rings. The first-order chi connectivity index (χ1) is 9.71. The van der Waals surface area contributed by atoms with Crippen molar-refractivity contribution in [2.45, 2.75) is 50.4 Å². The molecule has 0 amide bonds. The molecule has 0 aliphatic carbocycles. The lowest BCUT2D eigenvalue weighted by Crippen LogP contribution is -2.44. The number of carbonyl (C=O) groups excluding carboxylic acids is 1. The van der Waals surface area contributed by atoms with Crippen molar-refractivity contribution in [2.75, 3.05) is 6.54 Å². The predicted octanol–water partition coefficient (Wildman–Crippen LogP) is -0.986. The van der Waals surface area contributed by atoms with Crippen LogP contribution >= 0.6 is 0 Å². The molecule has 0 bridgehead atoms. The minimum atomic E-state index is -2.71. The molecule has 21 heavy (non-hydrogen) atoms. The second-order valence-electron chi connectivity index (χ2n) is 4.75. The first-order valence-corrected chi connectivity index (χ1v) is 6.54. The molecule has 122 valence electrons. The largest absolute Gasteiger partial charge is 0.481 e. The highest BCUT2D eigenvalue weighted by atomic mass is 16.6. The van der Waals surface area contributed by atoms with E-state index in [1.165, 1.54) is 0 Å². The zero-order valence-electron chi connectivity index (χ0n) is 11.7. The molecular weight excluding hydrogens is 284 g/mol. The summed E-state index contributed by atoms with van der Waals surface area (Å²) in [4.78, 5) is 32.9. The van der Waals surface area contributed by atoms with Gasteiger partial charge in [0, 0.05) is 0 Å². The Morgan fingerprint density at radius 2 is 1.71 bits per heavy atom. The van der Waals surface area contributed by atoms with Gasteiger partial charge >= 0.3 is 17.9 Å². The molecule has 9 heteroatoms. The third-order valence-corrected chi connectivity index (χ3v) is 2.75. The minimum absolute atomic E-state index is 0.371. The van der Waals surface area contributed by atoms with E-state index in [4.69, 9.17) is 26.4 Å². The van der Waals surface area contributed by atoms with Crippen molar-refractivity contribution in [3.8, 4) is 0 Å². The van der Waals surface area contributed by atoms with Gasteiger partial charge in [0.2, 0.25) is 0 Å². The van der Waals surface area contributed by atoms with Crippen LogP contribution in [0.4, 0.5) is 0 Å². The summed E-state index contributed by atoms with van der Waals surface area (Å²) in [6, 6.07) is 0. The fourth-order valence-corrected chi connectivity index (χ4v) is 1.64. The normalized spacial score (nSPS) is 15.0. The Labute approximate surface area is 121 Å². The van der Waals surface area contributed by atoms with Crippen LogP contribution in [-0.2, 0) is 19.1 Å². The first kappa shape index (κ1) is 19.3. The van der Waals surface area contributed by atoms with Gasteiger partial charge in [0.15, 0.2) is 11.8 Å². The van der Waals surface area contributed by atoms with Crippen molar-refractivity contribution in [1.29, 1.82) is 0 Å². The summed E-state index contributed by atoms with van der Waals surface area (Å²) in [5.74, 6) is -4.41. The van der Waals surface area contributed by atoms with Crippen molar-refractivity contribution in [1.82, 2.24) is 0 Å². The van der Waals surface area contributed by atoms with Crippen LogP contribution in [0.2, 0.25) is 0 Å². The molecule has 0 aromatic heterocycles. The number of carboxylic acids is 2. The number of aliphatic hydroxyl groups is 1. The standard InChI is InChI=1S/C12H22N2O7/c13-5-3-1-2-4-8(14)21-10(17)7-12(20,11(18)19)6-9(15)16/h8,20H,1-7,13-14H2,(H,15,16)(H,18,19). The Kier molecular flexibility index (Phi) is 8.51. The van der Waals surface area contributed by atoms with Crippen LogP contribution in [0, 0.1) is 0 Å². The van der Waals surface area contributed by atoms with Crippen molar-refractivity contribution in [3.63, 3.8) is 0 Å². The highest BCUT2D eigenvalue weighted by molar-refractivity contribution is 5.88. The second-order valence-corrected chi connectivity index (χ2v) is 4.75. The maximum Gasteiger partial charge on any atom is 0.336 e. The maximum atomic E-state index is 11.5. The summed E-state index contributed by atoms with van der Waals surface area (Å²) in [6.07, 6.45) is -0.329. The Morgan fingerprint density at radius 3 is 2.19 bits per heavy atom. The van der Waals surface area contributed by atoms with E-state index >= 15 is 0 Å². The molecule has 0 heterocycles. The molecule has 0 aromatic rings. The quantitative estimate of drug-likeness (QED) is 0.182. The number of aliphatic carboxylic acids is 2. The number of carbonyl (C=O) groups is 3. The van der Waals surface area contributed by atoms with Crippen LogP contribution in [0.3, 0.4) is 0 Å². The third-order valence-electron chi connectivity index (χ3n) is 2.75. The van der Waals surface area contributed by atoms with Gasteiger partial charge in [-0.3, -0.25) is 15.3 Å². The Balaban J connectivity index is 4.31. The van der Waals surface area contributed by atoms with Crippen LogP contribution in [0.1, 0.15) is 38.5 Å². The maximum absolute atomic E-state index is 11.5. The van der Waals surface area contributed by atoms with Gasteiger partial charge in [-0.15, -0.1) is 0 Å². The number of esters is 1. The topological polar surface area (TPSA) is 173 Å². The number of hydrogen-bond acceptors (Lipinski definition) is 7. The van der Waals surface area contributed by atoms with Crippen molar-refractivity contribution >= 4 is 17.9 Å². The van der Waals surface area contributed by atoms with Crippen molar-refractivity contribution in [3.05, 3.63) is 0 Å². The predicted molar refractivity (Wildman–Crippen MR) is 71.0 cm³/mol.